The molecule has 2 aromatic rings. The van der Waals surface area contributed by atoms with Crippen molar-refractivity contribution in [2.75, 3.05) is 17.2 Å². The fourth-order valence-electron chi connectivity index (χ4n) is 3.78. The van der Waals surface area contributed by atoms with Gasteiger partial charge in [0.1, 0.15) is 11.4 Å². The third kappa shape index (κ3) is 2.46. The fourth-order valence-corrected chi connectivity index (χ4v) is 3.78. The van der Waals surface area contributed by atoms with Gasteiger partial charge in [0.25, 0.3) is 0 Å². The van der Waals surface area contributed by atoms with Gasteiger partial charge in [-0.1, -0.05) is 12.8 Å². The van der Waals surface area contributed by atoms with Crippen molar-refractivity contribution in [3.8, 4) is 0 Å². The molecule has 2 atom stereocenters. The van der Waals surface area contributed by atoms with Gasteiger partial charge in [0.2, 0.25) is 0 Å². The number of ether oxygens (including phenoxy) is 1. The number of esters is 1. The molecule has 0 amide bonds. The fraction of sp³-hybridized carbons (Fsp3) is 0.444. The van der Waals surface area contributed by atoms with Crippen molar-refractivity contribution in [2.45, 2.75) is 44.7 Å². The molecule has 1 saturated carbocycles. The van der Waals surface area contributed by atoms with Crippen molar-refractivity contribution in [3.05, 3.63) is 29.7 Å². The lowest BCUT2D eigenvalue weighted by molar-refractivity contribution is 0.0527. The van der Waals surface area contributed by atoms with Crippen molar-refractivity contribution in [3.63, 3.8) is 0 Å². The number of nitrogens with zero attached hydrogens (tertiary/aromatic N) is 1. The van der Waals surface area contributed by atoms with Crippen LogP contribution in [0.25, 0.3) is 10.9 Å². The summed E-state index contributed by atoms with van der Waals surface area (Å²) in [6.07, 6.45) is 5.80. The lowest BCUT2D eigenvalue weighted by Crippen LogP contribution is -2.40. The summed E-state index contributed by atoms with van der Waals surface area (Å²) < 4.78 is 19.2. The third-order valence-corrected chi connectivity index (χ3v) is 4.87. The number of aromatic nitrogens is 1. The molecule has 2 N–H and O–H groups in total. The second kappa shape index (κ2) is 5.92. The zero-order valence-electron chi connectivity index (χ0n) is 13.6. The van der Waals surface area contributed by atoms with E-state index in [1.54, 1.807) is 6.92 Å². The largest absolute Gasteiger partial charge is 0.462 e. The zero-order chi connectivity index (χ0) is 16.7. The lowest BCUT2D eigenvalue weighted by Gasteiger charge is -2.32. The van der Waals surface area contributed by atoms with Crippen LogP contribution in [0.4, 0.5) is 15.8 Å². The maximum absolute atomic E-state index is 14.0. The molecule has 0 saturated heterocycles. The highest BCUT2D eigenvalue weighted by molar-refractivity contribution is 6.10. The molecule has 5 nitrogen and oxygen atoms in total. The monoisotopic (exact) mass is 329 g/mol. The Labute approximate surface area is 139 Å². The molecule has 0 bridgehead atoms. The molecular formula is C18H20FN3O2. The van der Waals surface area contributed by atoms with Gasteiger partial charge in [0.05, 0.1) is 17.8 Å². The Kier molecular flexibility index (Phi) is 3.75. The minimum atomic E-state index is -0.404. The van der Waals surface area contributed by atoms with Gasteiger partial charge in [-0.25, -0.2) is 9.18 Å². The zero-order valence-corrected chi connectivity index (χ0v) is 13.6. The summed E-state index contributed by atoms with van der Waals surface area (Å²) in [4.78, 5) is 16.6. The Morgan fingerprint density at radius 1 is 1.29 bits per heavy atom. The molecule has 24 heavy (non-hydrogen) atoms. The predicted molar refractivity (Wildman–Crippen MR) is 90.9 cm³/mol. The van der Waals surface area contributed by atoms with Crippen molar-refractivity contribution in [1.82, 2.24) is 4.98 Å². The van der Waals surface area contributed by atoms with E-state index in [4.69, 9.17) is 4.74 Å². The van der Waals surface area contributed by atoms with Gasteiger partial charge >= 0.3 is 5.97 Å². The highest BCUT2D eigenvalue weighted by Gasteiger charge is 2.31. The number of benzene rings is 1. The topological polar surface area (TPSA) is 63.2 Å². The molecule has 2 unspecified atom stereocenters. The summed E-state index contributed by atoms with van der Waals surface area (Å²) in [5.74, 6) is -0.736. The highest BCUT2D eigenvalue weighted by atomic mass is 19.1. The molecular weight excluding hydrogens is 309 g/mol. The van der Waals surface area contributed by atoms with Crippen molar-refractivity contribution >= 4 is 28.2 Å². The molecule has 1 aliphatic carbocycles. The number of fused-ring (bicyclic) bond motifs is 1. The van der Waals surface area contributed by atoms with Crippen LogP contribution in [0.1, 0.15) is 43.0 Å². The summed E-state index contributed by atoms with van der Waals surface area (Å²) >= 11 is 0. The molecule has 1 aliphatic heterocycles. The van der Waals surface area contributed by atoms with Crippen LogP contribution in [0.3, 0.4) is 0 Å². The quantitative estimate of drug-likeness (QED) is 0.823. The van der Waals surface area contributed by atoms with E-state index in [1.807, 2.05) is 0 Å². The standard InChI is InChI=1S/C18H20FN3O2/c1-2-24-18(23)11-9-20-14-7-10(19)8-15-16(14)17(11)22-13-6-4-3-5-12(13)21-15/h7-9,12-13,21-22H,2-6H2,1H3. The van der Waals surface area contributed by atoms with Gasteiger partial charge in [-0.3, -0.25) is 4.98 Å². The first-order valence-corrected chi connectivity index (χ1v) is 8.50. The first-order valence-electron chi connectivity index (χ1n) is 8.50. The number of hydrogen-bond donors (Lipinski definition) is 2. The Morgan fingerprint density at radius 3 is 2.79 bits per heavy atom. The number of hydrogen-bond acceptors (Lipinski definition) is 5. The van der Waals surface area contributed by atoms with E-state index in [9.17, 15) is 9.18 Å². The van der Waals surface area contributed by atoms with Gasteiger partial charge < -0.3 is 15.4 Å². The van der Waals surface area contributed by atoms with Gasteiger partial charge in [0.15, 0.2) is 0 Å². The number of halogens is 1. The van der Waals surface area contributed by atoms with Crippen LogP contribution < -0.4 is 10.6 Å². The molecule has 0 radical (unpaired) electrons. The minimum absolute atomic E-state index is 0.202. The summed E-state index contributed by atoms with van der Waals surface area (Å²) in [7, 11) is 0. The number of carbonyl (C=O) groups excluding carboxylic acids is 1. The maximum atomic E-state index is 14.0. The Balaban J connectivity index is 1.92. The molecule has 126 valence electrons. The second-order valence-corrected chi connectivity index (χ2v) is 6.40. The van der Waals surface area contributed by atoms with Gasteiger partial charge in [-0.2, -0.15) is 0 Å². The normalized spacial score (nSPS) is 22.1. The first kappa shape index (κ1) is 15.2. The molecule has 0 spiro atoms. The van der Waals surface area contributed by atoms with Crippen molar-refractivity contribution in [1.29, 1.82) is 0 Å². The van der Waals surface area contributed by atoms with E-state index in [-0.39, 0.29) is 17.9 Å². The molecule has 4 rings (SSSR count). The van der Waals surface area contributed by atoms with Gasteiger partial charge in [0, 0.05) is 35.4 Å². The van der Waals surface area contributed by atoms with E-state index in [0.29, 0.717) is 29.1 Å². The van der Waals surface area contributed by atoms with E-state index >= 15 is 0 Å². The highest BCUT2D eigenvalue weighted by Crippen LogP contribution is 2.39. The van der Waals surface area contributed by atoms with Gasteiger partial charge in [-0.15, -0.1) is 0 Å². The Bertz CT molecular complexity index is 808. The SMILES string of the molecule is CCOC(=O)c1cnc2cc(F)cc3c2c1NC1CCCCC1N3. The minimum Gasteiger partial charge on any atom is -0.462 e. The number of carbonyl (C=O) groups is 1. The Morgan fingerprint density at radius 2 is 2.04 bits per heavy atom. The molecule has 1 fully saturated rings. The van der Waals surface area contributed by atoms with Crippen LogP contribution in [0.5, 0.6) is 0 Å². The smallest absolute Gasteiger partial charge is 0.341 e. The Hall–Kier alpha value is -2.37. The predicted octanol–water partition coefficient (Wildman–Crippen LogP) is 3.70. The first-order chi connectivity index (χ1) is 11.7. The summed E-state index contributed by atoms with van der Waals surface area (Å²) in [5, 5.41) is 7.76. The average molecular weight is 329 g/mol. The van der Waals surface area contributed by atoms with Crippen LogP contribution in [0.15, 0.2) is 18.3 Å². The van der Waals surface area contributed by atoms with Crippen molar-refractivity contribution in [2.24, 2.45) is 0 Å². The third-order valence-electron chi connectivity index (χ3n) is 4.87. The van der Waals surface area contributed by atoms with E-state index in [2.05, 4.69) is 15.6 Å². The summed E-state index contributed by atoms with van der Waals surface area (Å²) in [6, 6.07) is 3.30. The second-order valence-electron chi connectivity index (χ2n) is 6.40. The van der Waals surface area contributed by atoms with E-state index in [0.717, 1.165) is 31.1 Å². The maximum Gasteiger partial charge on any atom is 0.341 e. The van der Waals surface area contributed by atoms with Crippen LogP contribution in [-0.4, -0.2) is 29.6 Å². The molecule has 1 aromatic carbocycles. The number of rotatable bonds is 2. The number of pyridine rings is 1. The average Bonchev–Trinajstić information content (AvgIpc) is 2.72. The molecule has 2 aliphatic rings. The van der Waals surface area contributed by atoms with Crippen LogP contribution >= 0.6 is 0 Å². The number of anilines is 2. The van der Waals surface area contributed by atoms with Gasteiger partial charge in [-0.05, 0) is 25.8 Å². The van der Waals surface area contributed by atoms with Crippen molar-refractivity contribution < 1.29 is 13.9 Å². The van der Waals surface area contributed by atoms with Crippen LogP contribution in [-0.2, 0) is 4.74 Å². The molecule has 2 heterocycles. The molecule has 1 aromatic heterocycles. The van der Waals surface area contributed by atoms with Crippen LogP contribution in [0.2, 0.25) is 0 Å². The van der Waals surface area contributed by atoms with Crippen LogP contribution in [0, 0.1) is 5.82 Å². The summed E-state index contributed by atoms with van der Waals surface area (Å²) in [5.41, 5.74) is 2.34. The van der Waals surface area contributed by atoms with E-state index in [1.165, 1.54) is 18.3 Å². The summed E-state index contributed by atoms with van der Waals surface area (Å²) in [6.45, 7) is 2.08. The van der Waals surface area contributed by atoms with E-state index < -0.39 is 5.97 Å². The lowest BCUT2D eigenvalue weighted by atomic mass is 9.90. The number of nitrogens with one attached hydrogen (secondary N) is 2. The molecule has 6 heteroatoms.